The first-order valence-corrected chi connectivity index (χ1v) is 3.16. The van der Waals surface area contributed by atoms with Crippen molar-refractivity contribution in [1.82, 2.24) is 0 Å². The van der Waals surface area contributed by atoms with Crippen LogP contribution in [0.5, 0.6) is 0 Å². The van der Waals surface area contributed by atoms with Crippen LogP contribution in [-0.2, 0) is 18.9 Å². The van der Waals surface area contributed by atoms with Crippen molar-refractivity contribution in [3.63, 3.8) is 0 Å². The topological polar surface area (TPSA) is 80.7 Å². The standard InChI is InChI=1S/C5H7O5P/c6-3(1-4(7)8)2-5(9)10-11/h1-2,11H2,(H,7,8). The van der Waals surface area contributed by atoms with Gasteiger partial charge in [-0.15, -0.1) is 0 Å². The quantitative estimate of drug-likeness (QED) is 0.474. The van der Waals surface area contributed by atoms with Crippen molar-refractivity contribution >= 4 is 27.2 Å². The van der Waals surface area contributed by atoms with Gasteiger partial charge in [-0.2, -0.15) is 0 Å². The van der Waals surface area contributed by atoms with Crippen LogP contribution in [-0.4, -0.2) is 22.8 Å². The Bertz CT molecular complexity index is 187. The van der Waals surface area contributed by atoms with E-state index in [0.717, 1.165) is 0 Å². The maximum atomic E-state index is 10.5. The van der Waals surface area contributed by atoms with Gasteiger partial charge in [-0.25, -0.2) is 0 Å². The van der Waals surface area contributed by atoms with Crippen LogP contribution in [0, 0.1) is 0 Å². The molecular weight excluding hydrogens is 171 g/mol. The molecule has 62 valence electrons. The van der Waals surface area contributed by atoms with E-state index < -0.39 is 30.6 Å². The molecule has 11 heavy (non-hydrogen) atoms. The molecule has 1 unspecified atom stereocenters. The Morgan fingerprint density at radius 1 is 1.27 bits per heavy atom. The summed E-state index contributed by atoms with van der Waals surface area (Å²) in [5.74, 6) is -2.65. The normalized spacial score (nSPS) is 8.82. The van der Waals surface area contributed by atoms with E-state index in [0.29, 0.717) is 0 Å². The minimum atomic E-state index is -1.24. The van der Waals surface area contributed by atoms with Gasteiger partial charge < -0.3 is 9.63 Å². The zero-order valence-electron chi connectivity index (χ0n) is 5.57. The lowest BCUT2D eigenvalue weighted by atomic mass is 10.2. The summed E-state index contributed by atoms with van der Waals surface area (Å²) >= 11 is 0. The third-order valence-corrected chi connectivity index (χ3v) is 1.08. The number of carbonyl (C=O) groups is 3. The van der Waals surface area contributed by atoms with Crippen LogP contribution in [0.4, 0.5) is 0 Å². The van der Waals surface area contributed by atoms with Crippen LogP contribution in [0.1, 0.15) is 12.8 Å². The molecule has 1 atom stereocenters. The molecule has 0 aliphatic carbocycles. The fourth-order valence-electron chi connectivity index (χ4n) is 0.434. The lowest BCUT2D eigenvalue weighted by molar-refractivity contribution is -0.142. The monoisotopic (exact) mass is 178 g/mol. The Morgan fingerprint density at radius 3 is 2.18 bits per heavy atom. The highest BCUT2D eigenvalue weighted by molar-refractivity contribution is 7.10. The molecule has 1 N–H and O–H groups in total. The molecular formula is C5H7O5P. The Balaban J connectivity index is 3.70. The van der Waals surface area contributed by atoms with Crippen LogP contribution in [0.15, 0.2) is 0 Å². The van der Waals surface area contributed by atoms with Gasteiger partial charge in [0.15, 0.2) is 5.78 Å². The maximum absolute atomic E-state index is 10.5. The fourth-order valence-corrected chi connectivity index (χ4v) is 0.517. The molecule has 0 spiro atoms. The first kappa shape index (κ1) is 10.0. The maximum Gasteiger partial charge on any atom is 0.315 e. The summed E-state index contributed by atoms with van der Waals surface area (Å²) in [5, 5.41) is 8.09. The number of aliphatic carboxylic acids is 1. The first-order chi connectivity index (χ1) is 5.06. The van der Waals surface area contributed by atoms with Gasteiger partial charge in [-0.1, -0.05) is 0 Å². The van der Waals surface area contributed by atoms with E-state index in [-0.39, 0.29) is 0 Å². The molecule has 0 aliphatic rings. The highest BCUT2D eigenvalue weighted by Gasteiger charge is 2.12. The summed E-state index contributed by atoms with van der Waals surface area (Å²) in [4.78, 5) is 30.8. The molecule has 0 aliphatic heterocycles. The van der Waals surface area contributed by atoms with Gasteiger partial charge in [0.2, 0.25) is 0 Å². The van der Waals surface area contributed by atoms with Gasteiger partial charge in [0, 0.05) is 0 Å². The van der Waals surface area contributed by atoms with E-state index in [4.69, 9.17) is 5.11 Å². The number of carboxylic acids is 1. The Morgan fingerprint density at radius 2 is 1.82 bits per heavy atom. The van der Waals surface area contributed by atoms with Gasteiger partial charge in [-0.3, -0.25) is 14.4 Å². The average Bonchev–Trinajstić information content (AvgIpc) is 1.85. The van der Waals surface area contributed by atoms with E-state index in [9.17, 15) is 14.4 Å². The van der Waals surface area contributed by atoms with Gasteiger partial charge in [-0.05, 0) is 0 Å². The number of Topliss-reactive ketones (excluding diaryl/α,β-unsaturated/α-hetero) is 1. The summed E-state index contributed by atoms with van der Waals surface area (Å²) < 4.78 is 4.07. The smallest absolute Gasteiger partial charge is 0.315 e. The SMILES string of the molecule is O=C(O)CC(=O)CC(=O)OP. The molecule has 0 bridgehead atoms. The lowest BCUT2D eigenvalue weighted by Crippen LogP contribution is -2.11. The number of rotatable bonds is 4. The molecule has 0 amide bonds. The minimum Gasteiger partial charge on any atom is -0.481 e. The summed E-state index contributed by atoms with van der Waals surface area (Å²) in [6.07, 6.45) is -1.13. The fraction of sp³-hybridized carbons (Fsp3) is 0.400. The third kappa shape index (κ3) is 5.48. The van der Waals surface area contributed by atoms with Gasteiger partial charge in [0.25, 0.3) is 0 Å². The van der Waals surface area contributed by atoms with Crippen molar-refractivity contribution in [3.8, 4) is 0 Å². The average molecular weight is 178 g/mol. The highest BCUT2D eigenvalue weighted by Crippen LogP contribution is 1.96. The van der Waals surface area contributed by atoms with E-state index in [1.165, 1.54) is 0 Å². The Labute approximate surface area is 65.0 Å². The molecule has 0 saturated carbocycles. The van der Waals surface area contributed by atoms with Gasteiger partial charge >= 0.3 is 11.9 Å². The number of hydrogen-bond donors (Lipinski definition) is 1. The number of ketones is 1. The van der Waals surface area contributed by atoms with Gasteiger partial charge in [0.05, 0.1) is 9.47 Å². The number of hydrogen-bond acceptors (Lipinski definition) is 4. The van der Waals surface area contributed by atoms with Crippen LogP contribution < -0.4 is 0 Å². The molecule has 0 aromatic heterocycles. The summed E-state index contributed by atoms with van der Waals surface area (Å²) in [7, 11) is 1.68. The zero-order valence-corrected chi connectivity index (χ0v) is 6.73. The van der Waals surface area contributed by atoms with Crippen LogP contribution >= 0.6 is 9.47 Å². The number of carbonyl (C=O) groups excluding carboxylic acids is 2. The second kappa shape index (κ2) is 4.79. The van der Waals surface area contributed by atoms with Crippen molar-refractivity contribution in [3.05, 3.63) is 0 Å². The molecule has 0 heterocycles. The molecule has 0 fully saturated rings. The van der Waals surface area contributed by atoms with E-state index >= 15 is 0 Å². The van der Waals surface area contributed by atoms with E-state index in [1.807, 2.05) is 0 Å². The van der Waals surface area contributed by atoms with Crippen molar-refractivity contribution in [1.29, 1.82) is 0 Å². The van der Waals surface area contributed by atoms with Crippen molar-refractivity contribution in [2.45, 2.75) is 12.8 Å². The molecule has 0 aromatic carbocycles. The van der Waals surface area contributed by atoms with Crippen LogP contribution in [0.25, 0.3) is 0 Å². The van der Waals surface area contributed by atoms with Crippen molar-refractivity contribution < 1.29 is 24.0 Å². The lowest BCUT2D eigenvalue weighted by Gasteiger charge is -1.94. The van der Waals surface area contributed by atoms with Crippen LogP contribution in [0.2, 0.25) is 0 Å². The summed E-state index contributed by atoms with van der Waals surface area (Å²) in [6, 6.07) is 0. The zero-order chi connectivity index (χ0) is 8.85. The molecule has 0 rings (SSSR count). The van der Waals surface area contributed by atoms with E-state index in [2.05, 4.69) is 4.52 Å². The number of carboxylic acid groups (broad SMARTS) is 1. The molecule has 6 heteroatoms. The van der Waals surface area contributed by atoms with E-state index in [1.54, 1.807) is 9.47 Å². The first-order valence-electron chi connectivity index (χ1n) is 2.69. The molecule has 0 radical (unpaired) electrons. The summed E-state index contributed by atoms with van der Waals surface area (Å²) in [6.45, 7) is 0. The third-order valence-electron chi connectivity index (χ3n) is 0.821. The molecule has 0 aromatic rings. The second-order valence-corrected chi connectivity index (χ2v) is 2.01. The minimum absolute atomic E-state index is 0.490. The Hall–Kier alpha value is -0.960. The second-order valence-electron chi connectivity index (χ2n) is 1.78. The van der Waals surface area contributed by atoms with Gasteiger partial charge in [0.1, 0.15) is 12.8 Å². The van der Waals surface area contributed by atoms with Crippen molar-refractivity contribution in [2.24, 2.45) is 0 Å². The molecule has 5 nitrogen and oxygen atoms in total. The summed E-state index contributed by atoms with van der Waals surface area (Å²) in [5.41, 5.74) is 0. The largest absolute Gasteiger partial charge is 0.481 e. The predicted octanol–water partition coefficient (Wildman–Crippen LogP) is -0.246. The Kier molecular flexibility index (Phi) is 4.38. The van der Waals surface area contributed by atoms with Crippen LogP contribution in [0.3, 0.4) is 0 Å². The predicted molar refractivity (Wildman–Crippen MR) is 37.7 cm³/mol. The molecule has 0 saturated heterocycles. The van der Waals surface area contributed by atoms with Crippen molar-refractivity contribution in [2.75, 3.05) is 0 Å². The highest BCUT2D eigenvalue weighted by atomic mass is 31.0.